The minimum atomic E-state index is -3.87. The van der Waals surface area contributed by atoms with Gasteiger partial charge in [0, 0.05) is 0 Å². The average molecular weight is 460 g/mol. The van der Waals surface area contributed by atoms with Crippen molar-refractivity contribution in [2.24, 2.45) is 0 Å². The Morgan fingerprint density at radius 2 is 1.04 bits per heavy atom. The number of benzene rings is 2. The molecular weight excluding hydrogens is 448 g/mol. The van der Waals surface area contributed by atoms with Gasteiger partial charge in [0.1, 0.15) is 0 Å². The first-order chi connectivity index (χ1) is 12.3. The summed E-state index contributed by atoms with van der Waals surface area (Å²) in [6.07, 6.45) is 1.51. The molecule has 2 aromatic rings. The molecule has 0 aliphatic carbocycles. The van der Waals surface area contributed by atoms with Crippen molar-refractivity contribution in [3.8, 4) is 0 Å². The van der Waals surface area contributed by atoms with Gasteiger partial charge in [-0.05, 0) is 0 Å². The first-order valence-electron chi connectivity index (χ1n) is 6.97. The fourth-order valence-corrected chi connectivity index (χ4v) is 4.92. The molecule has 2 rings (SSSR count). The van der Waals surface area contributed by atoms with Crippen LogP contribution in [-0.2, 0) is 39.2 Å². The summed E-state index contributed by atoms with van der Waals surface area (Å²) in [6.45, 7) is 0. The van der Waals surface area contributed by atoms with E-state index in [1.165, 1.54) is 0 Å². The van der Waals surface area contributed by atoms with Crippen molar-refractivity contribution in [1.82, 2.24) is 0 Å². The van der Waals surface area contributed by atoms with Crippen LogP contribution in [0, 0.1) is 23.3 Å². The van der Waals surface area contributed by atoms with E-state index in [1.807, 2.05) is 9.44 Å². The molecule has 0 saturated heterocycles. The molecule has 0 spiro atoms. The van der Waals surface area contributed by atoms with E-state index in [0.717, 1.165) is 36.8 Å². The van der Waals surface area contributed by atoms with Crippen LogP contribution < -0.4 is 17.2 Å². The van der Waals surface area contributed by atoms with Crippen molar-refractivity contribution in [2.75, 3.05) is 22.0 Å². The summed E-state index contributed by atoms with van der Waals surface area (Å²) in [5, 5.41) is 0. The van der Waals surface area contributed by atoms with Gasteiger partial charge in [-0.1, -0.05) is 0 Å². The summed E-state index contributed by atoms with van der Waals surface area (Å²) in [6, 6.07) is 3.22. The van der Waals surface area contributed by atoms with Gasteiger partial charge in [-0.3, -0.25) is 0 Å². The standard InChI is InChI=1S/2C7H6F2NO2S.Ti/c2*1-13(11,12)10-7-3-2-5(8)4-6(7)9;/h2*2-3,10H,1H3;. The van der Waals surface area contributed by atoms with Crippen molar-refractivity contribution in [3.63, 3.8) is 0 Å². The normalized spacial score (nSPS) is 11.9. The zero-order valence-corrected chi connectivity index (χ0v) is 17.0. The zero-order chi connectivity index (χ0) is 20.6. The van der Waals surface area contributed by atoms with E-state index in [2.05, 4.69) is 0 Å². The van der Waals surface area contributed by atoms with Crippen LogP contribution in [0.5, 0.6) is 0 Å². The summed E-state index contributed by atoms with van der Waals surface area (Å²) in [5.41, 5.74) is -1.13. The molecular formula is C14H12F4N2O4S2Ti. The van der Waals surface area contributed by atoms with Gasteiger partial charge in [-0.25, -0.2) is 0 Å². The molecule has 0 radical (unpaired) electrons. The second-order valence-corrected chi connectivity index (χ2v) is 10.9. The third-order valence-corrected chi connectivity index (χ3v) is 6.42. The van der Waals surface area contributed by atoms with Crippen LogP contribution in [0.1, 0.15) is 0 Å². The average Bonchev–Trinajstić information content (AvgIpc) is 2.50. The molecule has 0 aliphatic rings. The molecule has 0 amide bonds. The first kappa shape index (κ1) is 21.7. The van der Waals surface area contributed by atoms with Crippen LogP contribution in [0.3, 0.4) is 0 Å². The SMILES string of the molecule is CS(=O)(=O)Nc1ccc(F)[c]([Ti][c]2c(F)ccc(NS(C)(=O)=O)c2F)c1F. The monoisotopic (exact) mass is 460 g/mol. The Morgan fingerprint density at radius 3 is 1.33 bits per heavy atom. The van der Waals surface area contributed by atoms with Crippen LogP contribution in [0.2, 0.25) is 0 Å². The van der Waals surface area contributed by atoms with E-state index in [-0.39, 0.29) is 0 Å². The quantitative estimate of drug-likeness (QED) is 0.498. The zero-order valence-electron chi connectivity index (χ0n) is 13.8. The van der Waals surface area contributed by atoms with Crippen LogP contribution in [0.15, 0.2) is 24.3 Å². The summed E-state index contributed by atoms with van der Waals surface area (Å²) >= 11 is -2.31. The van der Waals surface area contributed by atoms with Gasteiger partial charge in [-0.15, -0.1) is 0 Å². The molecule has 0 unspecified atom stereocenters. The third kappa shape index (κ3) is 5.67. The minimum absolute atomic E-state index is 0.566. The Labute approximate surface area is 162 Å². The molecule has 13 heteroatoms. The molecule has 27 heavy (non-hydrogen) atoms. The first-order valence-corrected chi connectivity index (χ1v) is 12.3. The van der Waals surface area contributed by atoms with Gasteiger partial charge in [0.05, 0.1) is 0 Å². The molecule has 0 fully saturated rings. The van der Waals surface area contributed by atoms with Crippen molar-refractivity contribution in [2.45, 2.75) is 0 Å². The van der Waals surface area contributed by atoms with Crippen molar-refractivity contribution in [3.05, 3.63) is 47.5 Å². The van der Waals surface area contributed by atoms with E-state index in [9.17, 15) is 34.4 Å². The van der Waals surface area contributed by atoms with Crippen LogP contribution >= 0.6 is 0 Å². The second kappa shape index (κ2) is 7.78. The number of halogens is 4. The van der Waals surface area contributed by atoms with Gasteiger partial charge < -0.3 is 0 Å². The molecule has 146 valence electrons. The van der Waals surface area contributed by atoms with Crippen molar-refractivity contribution in [1.29, 1.82) is 0 Å². The summed E-state index contributed by atoms with van der Waals surface area (Å²) in [5.74, 6) is -4.79. The Hall–Kier alpha value is -1.63. The molecule has 0 bridgehead atoms. The Bertz CT molecular complexity index is 1020. The number of anilines is 2. The molecule has 2 N–H and O–H groups in total. The van der Waals surface area contributed by atoms with Crippen LogP contribution in [-0.4, -0.2) is 29.3 Å². The van der Waals surface area contributed by atoms with E-state index in [4.69, 9.17) is 0 Å². The topological polar surface area (TPSA) is 92.3 Å². The molecule has 0 heterocycles. The molecule has 0 saturated carbocycles. The van der Waals surface area contributed by atoms with Crippen molar-refractivity contribution >= 4 is 39.2 Å². The number of hydrogen-bond donors (Lipinski definition) is 2. The fourth-order valence-electron chi connectivity index (χ4n) is 2.02. The maximum atomic E-state index is 14.5. The number of sulfonamides is 2. The molecule has 0 aliphatic heterocycles. The molecule has 0 atom stereocenters. The maximum absolute atomic E-state index is 14.5. The van der Waals surface area contributed by atoms with Gasteiger partial charge >= 0.3 is 162 Å². The van der Waals surface area contributed by atoms with Crippen LogP contribution in [0.4, 0.5) is 28.9 Å². The Kier molecular flexibility index (Phi) is 6.24. The van der Waals surface area contributed by atoms with Crippen molar-refractivity contribution < 1.29 is 53.6 Å². The van der Waals surface area contributed by atoms with Gasteiger partial charge in [0.2, 0.25) is 0 Å². The number of nitrogens with one attached hydrogen (secondary N) is 2. The van der Waals surface area contributed by atoms with Crippen LogP contribution in [0.25, 0.3) is 0 Å². The molecule has 0 aromatic heterocycles. The Morgan fingerprint density at radius 1 is 0.704 bits per heavy atom. The number of rotatable bonds is 6. The van der Waals surface area contributed by atoms with Gasteiger partial charge in [0.15, 0.2) is 0 Å². The van der Waals surface area contributed by atoms with Gasteiger partial charge in [-0.2, -0.15) is 0 Å². The summed E-state index contributed by atoms with van der Waals surface area (Å²) < 4.78 is 104. The summed E-state index contributed by atoms with van der Waals surface area (Å²) in [4.78, 5) is 0. The molecule has 2 aromatic carbocycles. The predicted octanol–water partition coefficient (Wildman–Crippen LogP) is 1.02. The fraction of sp³-hybridized carbons (Fsp3) is 0.143. The Balaban J connectivity index is 2.54. The van der Waals surface area contributed by atoms with E-state index >= 15 is 0 Å². The van der Waals surface area contributed by atoms with E-state index < -0.39 is 81.6 Å². The van der Waals surface area contributed by atoms with E-state index in [1.54, 1.807) is 0 Å². The predicted molar refractivity (Wildman–Crippen MR) is 88.9 cm³/mol. The molecule has 6 nitrogen and oxygen atoms in total. The second-order valence-electron chi connectivity index (χ2n) is 5.44. The third-order valence-electron chi connectivity index (χ3n) is 3.02. The van der Waals surface area contributed by atoms with Gasteiger partial charge in [0.25, 0.3) is 0 Å². The number of hydrogen-bond acceptors (Lipinski definition) is 4. The summed E-state index contributed by atoms with van der Waals surface area (Å²) in [7, 11) is -7.74. The van der Waals surface area contributed by atoms with E-state index in [0.29, 0.717) is 0 Å².